The summed E-state index contributed by atoms with van der Waals surface area (Å²) in [5.74, 6) is 0.598. The largest absolute Gasteiger partial charge is 0.488 e. The van der Waals surface area contributed by atoms with Crippen LogP contribution in [0.5, 0.6) is 5.75 Å². The smallest absolute Gasteiger partial charge is 0.262 e. The fraction of sp³-hybridized carbons (Fsp3) is 0.523. The number of piperidine rings is 2. The van der Waals surface area contributed by atoms with Crippen LogP contribution < -0.4 is 19.9 Å². The van der Waals surface area contributed by atoms with Gasteiger partial charge in [0.25, 0.3) is 11.8 Å². The van der Waals surface area contributed by atoms with Gasteiger partial charge in [-0.2, -0.15) is 5.10 Å². The van der Waals surface area contributed by atoms with E-state index < -0.39 is 23.8 Å². The molecule has 2 aromatic heterocycles. The number of H-pyrrole nitrogens is 1. The molecule has 0 bridgehead atoms. The molecule has 5 aliphatic heterocycles. The molecule has 314 valence electrons. The summed E-state index contributed by atoms with van der Waals surface area (Å²) in [6.07, 6.45) is 6.52. The molecule has 60 heavy (non-hydrogen) atoms. The van der Waals surface area contributed by atoms with E-state index in [1.807, 2.05) is 18.2 Å². The van der Waals surface area contributed by atoms with E-state index in [1.54, 1.807) is 18.5 Å². The van der Waals surface area contributed by atoms with Crippen molar-refractivity contribution >= 4 is 46.0 Å². The van der Waals surface area contributed by atoms with Crippen molar-refractivity contribution in [2.75, 3.05) is 94.9 Å². The van der Waals surface area contributed by atoms with Crippen molar-refractivity contribution < 1.29 is 23.9 Å². The maximum Gasteiger partial charge on any atom is 0.262 e. The standard InChI is InChI=1S/C44H53N11O5/c1-44(10-11-44)60-31-3-5-35-34(25-31)40(49-48-35)36-26-38(46-28-45-36)54-22-16-51(17-23-54)15-14-50-12-8-29(9-13-50)27-52-18-20-53(21-19-52)30-2-4-32-33(24-30)43(59)55(42(32)58)37-6-7-39(56)47-41(37)57/h2-5,24-26,28-29,37H,6-23,27H2,1H3,(H,48,49)(H,47,56,57). The number of nitrogens with one attached hydrogen (secondary N) is 2. The molecule has 7 heterocycles. The van der Waals surface area contributed by atoms with Crippen LogP contribution in [0.4, 0.5) is 11.5 Å². The SMILES string of the molecule is CC1(Oc2ccc3[nH]nc(-c4cc(N5CCN(CCN6CCC(CN7CCN(c8ccc9c(c8)C(=O)N(C8CCC(=O)NC8=O)C9=O)CC7)CC6)CC5)ncn4)c3c2)CC1. The van der Waals surface area contributed by atoms with Crippen LogP contribution in [0.3, 0.4) is 0 Å². The topological polar surface area (TPSA) is 163 Å². The number of hydrogen-bond acceptors (Lipinski definition) is 13. The van der Waals surface area contributed by atoms with E-state index in [0.29, 0.717) is 17.0 Å². The summed E-state index contributed by atoms with van der Waals surface area (Å²) in [4.78, 5) is 73.3. The molecule has 1 atom stereocenters. The first-order chi connectivity index (χ1) is 29.2. The van der Waals surface area contributed by atoms with E-state index in [9.17, 15) is 19.2 Å². The van der Waals surface area contributed by atoms with Crippen LogP contribution in [0.25, 0.3) is 22.3 Å². The van der Waals surface area contributed by atoms with Crippen molar-refractivity contribution in [3.63, 3.8) is 0 Å². The summed E-state index contributed by atoms with van der Waals surface area (Å²) >= 11 is 0. The third kappa shape index (κ3) is 7.83. The van der Waals surface area contributed by atoms with E-state index in [1.165, 1.54) is 12.8 Å². The number of carbonyl (C=O) groups is 4. The molecule has 16 nitrogen and oxygen atoms in total. The Morgan fingerprint density at radius 1 is 0.750 bits per heavy atom. The van der Waals surface area contributed by atoms with Crippen LogP contribution in [0.1, 0.15) is 66.2 Å². The van der Waals surface area contributed by atoms with E-state index in [-0.39, 0.29) is 24.3 Å². The molecule has 1 unspecified atom stereocenters. The molecule has 16 heteroatoms. The molecule has 5 fully saturated rings. The van der Waals surface area contributed by atoms with Crippen LogP contribution in [0, 0.1) is 5.92 Å². The number of rotatable bonds is 11. The van der Waals surface area contributed by atoms with Crippen LogP contribution >= 0.6 is 0 Å². The van der Waals surface area contributed by atoms with Crippen molar-refractivity contribution in [2.45, 2.75) is 57.1 Å². The number of anilines is 2. The lowest BCUT2D eigenvalue weighted by Gasteiger charge is -2.40. The van der Waals surface area contributed by atoms with Crippen molar-refractivity contribution in [2.24, 2.45) is 5.92 Å². The van der Waals surface area contributed by atoms with Crippen molar-refractivity contribution in [1.82, 2.24) is 45.1 Å². The van der Waals surface area contributed by atoms with E-state index >= 15 is 0 Å². The third-order valence-corrected chi connectivity index (χ3v) is 13.6. The zero-order valence-electron chi connectivity index (χ0n) is 34.3. The Kier molecular flexibility index (Phi) is 10.2. The first-order valence-electron chi connectivity index (χ1n) is 21.7. The van der Waals surface area contributed by atoms with E-state index in [0.717, 1.165) is 142 Å². The van der Waals surface area contributed by atoms with Gasteiger partial charge in [0.1, 0.15) is 35.2 Å². The number of likely N-dealkylation sites (tertiary alicyclic amines) is 1. The monoisotopic (exact) mass is 815 g/mol. The summed E-state index contributed by atoms with van der Waals surface area (Å²) in [6, 6.07) is 12.6. The van der Waals surface area contributed by atoms with Gasteiger partial charge in [-0.05, 0) is 94.4 Å². The number of ether oxygens (including phenoxy) is 1. The normalized spacial score (nSPS) is 23.1. The Bertz CT molecular complexity index is 2300. The van der Waals surface area contributed by atoms with Gasteiger partial charge in [0.2, 0.25) is 11.8 Å². The number of fused-ring (bicyclic) bond motifs is 2. The third-order valence-electron chi connectivity index (χ3n) is 13.6. The second-order valence-electron chi connectivity index (χ2n) is 17.7. The molecule has 4 aromatic rings. The Morgan fingerprint density at radius 3 is 2.22 bits per heavy atom. The predicted molar refractivity (Wildman–Crippen MR) is 225 cm³/mol. The average Bonchev–Trinajstić information content (AvgIpc) is 3.75. The Balaban J connectivity index is 0.649. The van der Waals surface area contributed by atoms with Gasteiger partial charge in [0, 0.05) is 95.6 Å². The fourth-order valence-electron chi connectivity index (χ4n) is 9.55. The molecular weight excluding hydrogens is 763 g/mol. The molecule has 10 rings (SSSR count). The van der Waals surface area contributed by atoms with Crippen LogP contribution in [-0.4, -0.2) is 160 Å². The van der Waals surface area contributed by atoms with Gasteiger partial charge < -0.3 is 19.4 Å². The lowest BCUT2D eigenvalue weighted by molar-refractivity contribution is -0.136. The first kappa shape index (κ1) is 38.7. The van der Waals surface area contributed by atoms with E-state index in [4.69, 9.17) is 4.74 Å². The lowest BCUT2D eigenvalue weighted by atomic mass is 9.96. The minimum absolute atomic E-state index is 0.0429. The van der Waals surface area contributed by atoms with Crippen molar-refractivity contribution in [3.05, 3.63) is 59.9 Å². The molecule has 1 aliphatic carbocycles. The van der Waals surface area contributed by atoms with Crippen LogP contribution in [-0.2, 0) is 9.59 Å². The second-order valence-corrected chi connectivity index (χ2v) is 17.7. The molecule has 0 radical (unpaired) electrons. The van der Waals surface area contributed by atoms with Gasteiger partial charge in [-0.25, -0.2) is 9.97 Å². The summed E-state index contributed by atoms with van der Waals surface area (Å²) in [7, 11) is 0. The zero-order chi connectivity index (χ0) is 41.0. The van der Waals surface area contributed by atoms with Crippen molar-refractivity contribution in [3.8, 4) is 17.1 Å². The van der Waals surface area contributed by atoms with Gasteiger partial charge in [-0.1, -0.05) is 0 Å². The van der Waals surface area contributed by atoms with Crippen molar-refractivity contribution in [1.29, 1.82) is 0 Å². The highest BCUT2D eigenvalue weighted by atomic mass is 16.5. The molecule has 6 aliphatic rings. The van der Waals surface area contributed by atoms with Gasteiger partial charge in [0.15, 0.2) is 0 Å². The zero-order valence-corrected chi connectivity index (χ0v) is 34.3. The highest BCUT2D eigenvalue weighted by Crippen LogP contribution is 2.41. The number of carbonyl (C=O) groups excluding carboxylic acids is 4. The Hall–Kier alpha value is -5.45. The quantitative estimate of drug-likeness (QED) is 0.213. The van der Waals surface area contributed by atoms with Gasteiger partial charge >= 0.3 is 0 Å². The number of imide groups is 2. The molecule has 4 saturated heterocycles. The number of piperazine rings is 2. The van der Waals surface area contributed by atoms with Gasteiger partial charge in [-0.15, -0.1) is 0 Å². The Labute approximate surface area is 349 Å². The second kappa shape index (κ2) is 15.9. The number of amides is 4. The molecular formula is C44H53N11O5. The Morgan fingerprint density at radius 2 is 1.47 bits per heavy atom. The fourth-order valence-corrected chi connectivity index (χ4v) is 9.55. The lowest BCUT2D eigenvalue weighted by Crippen LogP contribution is -2.54. The number of nitrogens with zero attached hydrogens (tertiary/aromatic N) is 9. The minimum atomic E-state index is -0.955. The maximum absolute atomic E-state index is 13.3. The number of benzene rings is 2. The number of hydrogen-bond donors (Lipinski definition) is 2. The predicted octanol–water partition coefficient (Wildman–Crippen LogP) is 3.01. The molecule has 4 amide bonds. The van der Waals surface area contributed by atoms with Crippen LogP contribution in [0.15, 0.2) is 48.8 Å². The van der Waals surface area contributed by atoms with Gasteiger partial charge in [0.05, 0.1) is 22.3 Å². The molecule has 0 spiro atoms. The average molecular weight is 816 g/mol. The number of aromatic amines is 1. The molecule has 2 N–H and O–H groups in total. The molecule has 1 saturated carbocycles. The molecule has 2 aromatic carbocycles. The van der Waals surface area contributed by atoms with E-state index in [2.05, 4.69) is 69.0 Å². The summed E-state index contributed by atoms with van der Waals surface area (Å²) in [6.45, 7) is 15.2. The number of aromatic nitrogens is 4. The highest BCUT2D eigenvalue weighted by molar-refractivity contribution is 6.23. The maximum atomic E-state index is 13.3. The van der Waals surface area contributed by atoms with Crippen LogP contribution in [0.2, 0.25) is 0 Å². The first-order valence-corrected chi connectivity index (χ1v) is 21.7. The summed E-state index contributed by atoms with van der Waals surface area (Å²) in [5.41, 5.74) is 4.12. The minimum Gasteiger partial charge on any atom is -0.488 e. The summed E-state index contributed by atoms with van der Waals surface area (Å²) < 4.78 is 6.23. The van der Waals surface area contributed by atoms with Gasteiger partial charge in [-0.3, -0.25) is 44.3 Å². The summed E-state index contributed by atoms with van der Waals surface area (Å²) in [5, 5.41) is 11.0. The highest BCUT2D eigenvalue weighted by Gasteiger charge is 2.45.